The van der Waals surface area contributed by atoms with Crippen molar-refractivity contribution in [3.05, 3.63) is 15.8 Å². The second-order valence-corrected chi connectivity index (χ2v) is 6.70. The zero-order valence-corrected chi connectivity index (χ0v) is 11.6. The van der Waals surface area contributed by atoms with Gasteiger partial charge < -0.3 is 5.32 Å². The molecule has 1 aromatic rings. The van der Waals surface area contributed by atoms with E-state index in [-0.39, 0.29) is 0 Å². The van der Waals surface area contributed by atoms with Crippen LogP contribution in [0.1, 0.15) is 24.3 Å². The molecular formula is C10H18N2O2S2. The van der Waals surface area contributed by atoms with Crippen LogP contribution in [0.2, 0.25) is 0 Å². The Morgan fingerprint density at radius 1 is 1.44 bits per heavy atom. The Morgan fingerprint density at radius 2 is 2.06 bits per heavy atom. The second-order valence-electron chi connectivity index (χ2n) is 3.91. The van der Waals surface area contributed by atoms with Gasteiger partial charge in [0.2, 0.25) is 10.0 Å². The molecule has 0 bridgehead atoms. The molecule has 0 atom stereocenters. The lowest BCUT2D eigenvalue weighted by molar-refractivity contribution is 0.575. The smallest absolute Gasteiger partial charge is 0.241 e. The molecule has 6 heteroatoms. The molecule has 0 saturated heterocycles. The summed E-state index contributed by atoms with van der Waals surface area (Å²) in [5.74, 6) is 0. The van der Waals surface area contributed by atoms with Crippen LogP contribution in [-0.4, -0.2) is 21.5 Å². The average Bonchev–Trinajstić information content (AvgIpc) is 2.57. The van der Waals surface area contributed by atoms with E-state index in [0.29, 0.717) is 17.5 Å². The van der Waals surface area contributed by atoms with Gasteiger partial charge in [-0.2, -0.15) is 0 Å². The van der Waals surface area contributed by atoms with Crippen LogP contribution >= 0.6 is 11.3 Å². The van der Waals surface area contributed by atoms with Crippen LogP contribution in [0.25, 0.3) is 0 Å². The van der Waals surface area contributed by atoms with Gasteiger partial charge in [-0.1, -0.05) is 13.8 Å². The van der Waals surface area contributed by atoms with Gasteiger partial charge in [-0.15, -0.1) is 11.3 Å². The summed E-state index contributed by atoms with van der Waals surface area (Å²) in [5.41, 5.74) is 0.805. The monoisotopic (exact) mass is 262 g/mol. The molecule has 0 saturated carbocycles. The minimum Gasteiger partial charge on any atom is -0.310 e. The third kappa shape index (κ3) is 3.04. The van der Waals surface area contributed by atoms with Crippen molar-refractivity contribution in [3.8, 4) is 0 Å². The molecule has 0 aliphatic heterocycles. The summed E-state index contributed by atoms with van der Waals surface area (Å²) in [6.45, 7) is 6.48. The molecule has 1 rings (SSSR count). The molecule has 16 heavy (non-hydrogen) atoms. The van der Waals surface area contributed by atoms with Crippen molar-refractivity contribution in [2.75, 3.05) is 7.05 Å². The van der Waals surface area contributed by atoms with Gasteiger partial charge >= 0.3 is 0 Å². The summed E-state index contributed by atoms with van der Waals surface area (Å²) in [4.78, 5) is 1.29. The Labute approximate surface area is 101 Å². The highest BCUT2D eigenvalue weighted by molar-refractivity contribution is 7.89. The Kier molecular flexibility index (Phi) is 4.49. The minimum absolute atomic E-state index is 0.340. The van der Waals surface area contributed by atoms with Gasteiger partial charge in [0, 0.05) is 17.5 Å². The fourth-order valence-corrected chi connectivity index (χ4v) is 3.85. The number of sulfonamides is 1. The maximum absolute atomic E-state index is 11.8. The Balaban J connectivity index is 3.04. The van der Waals surface area contributed by atoms with Crippen LogP contribution in [0.5, 0.6) is 0 Å². The Bertz CT molecular complexity index is 449. The fourth-order valence-electron chi connectivity index (χ4n) is 1.37. The highest BCUT2D eigenvalue weighted by Gasteiger charge is 2.21. The lowest BCUT2D eigenvalue weighted by atomic mass is 10.3. The lowest BCUT2D eigenvalue weighted by Gasteiger charge is -2.09. The topological polar surface area (TPSA) is 58.2 Å². The van der Waals surface area contributed by atoms with Gasteiger partial charge in [0.05, 0.1) is 0 Å². The van der Waals surface area contributed by atoms with Gasteiger partial charge in [-0.3, -0.25) is 0 Å². The van der Waals surface area contributed by atoms with E-state index in [1.807, 2.05) is 26.2 Å². The average molecular weight is 262 g/mol. The van der Waals surface area contributed by atoms with Crippen LogP contribution in [0.4, 0.5) is 0 Å². The highest BCUT2D eigenvalue weighted by atomic mass is 32.2. The van der Waals surface area contributed by atoms with E-state index in [1.165, 1.54) is 18.4 Å². The fraction of sp³-hybridized carbons (Fsp3) is 0.600. The Hall–Kier alpha value is -0.430. The van der Waals surface area contributed by atoms with E-state index in [4.69, 9.17) is 0 Å². The summed E-state index contributed by atoms with van der Waals surface area (Å²) in [5, 5.41) is 5.11. The molecule has 0 amide bonds. The molecule has 4 nitrogen and oxygen atoms in total. The summed E-state index contributed by atoms with van der Waals surface area (Å²) >= 11 is 1.48. The van der Waals surface area contributed by atoms with Crippen molar-refractivity contribution in [3.63, 3.8) is 0 Å². The number of rotatable bonds is 5. The third-order valence-electron chi connectivity index (χ3n) is 2.20. The zero-order valence-electron chi connectivity index (χ0n) is 9.99. The van der Waals surface area contributed by atoms with E-state index in [1.54, 1.807) is 0 Å². The molecule has 0 aromatic carbocycles. The first-order chi connectivity index (χ1) is 7.38. The van der Waals surface area contributed by atoms with E-state index in [9.17, 15) is 8.42 Å². The Morgan fingerprint density at radius 3 is 2.56 bits per heavy atom. The molecule has 1 aromatic heterocycles. The summed E-state index contributed by atoms with van der Waals surface area (Å²) in [6, 6.07) is 0.340. The van der Waals surface area contributed by atoms with Gasteiger partial charge in [-0.05, 0) is 24.9 Å². The standard InChI is InChI=1S/C10H18N2O2S2/c1-7(2)12-5-9-10(8(3)6-15-9)16(13,14)11-4/h6-7,11-12H,5H2,1-4H3. The van der Waals surface area contributed by atoms with Gasteiger partial charge in [0.1, 0.15) is 4.90 Å². The van der Waals surface area contributed by atoms with E-state index in [0.717, 1.165) is 10.4 Å². The quantitative estimate of drug-likeness (QED) is 0.844. The second kappa shape index (κ2) is 5.27. The maximum atomic E-state index is 11.8. The predicted molar refractivity (Wildman–Crippen MR) is 67.3 cm³/mol. The zero-order chi connectivity index (χ0) is 12.3. The number of aryl methyl sites for hydroxylation is 1. The highest BCUT2D eigenvalue weighted by Crippen LogP contribution is 2.26. The number of nitrogens with one attached hydrogen (secondary N) is 2. The minimum atomic E-state index is -3.34. The van der Waals surface area contributed by atoms with Crippen LogP contribution in [0, 0.1) is 6.92 Å². The van der Waals surface area contributed by atoms with E-state index < -0.39 is 10.0 Å². The number of hydrogen-bond acceptors (Lipinski definition) is 4. The van der Waals surface area contributed by atoms with Crippen molar-refractivity contribution >= 4 is 21.4 Å². The predicted octanol–water partition coefficient (Wildman–Crippen LogP) is 1.46. The van der Waals surface area contributed by atoms with Crippen LogP contribution in [0.3, 0.4) is 0 Å². The summed E-state index contributed by atoms with van der Waals surface area (Å²) in [6.07, 6.45) is 0. The summed E-state index contributed by atoms with van der Waals surface area (Å²) in [7, 11) is -1.91. The first-order valence-corrected chi connectivity index (χ1v) is 7.48. The summed E-state index contributed by atoms with van der Waals surface area (Å²) < 4.78 is 26.0. The first-order valence-electron chi connectivity index (χ1n) is 5.12. The van der Waals surface area contributed by atoms with Crippen LogP contribution in [0.15, 0.2) is 10.3 Å². The number of hydrogen-bond donors (Lipinski definition) is 2. The van der Waals surface area contributed by atoms with Crippen molar-refractivity contribution in [1.29, 1.82) is 0 Å². The van der Waals surface area contributed by atoms with E-state index >= 15 is 0 Å². The molecule has 0 unspecified atom stereocenters. The van der Waals surface area contributed by atoms with Crippen LogP contribution in [-0.2, 0) is 16.6 Å². The third-order valence-corrected chi connectivity index (χ3v) is 5.07. The van der Waals surface area contributed by atoms with Gasteiger partial charge in [0.15, 0.2) is 0 Å². The molecule has 0 spiro atoms. The molecule has 1 heterocycles. The van der Waals surface area contributed by atoms with Crippen molar-refractivity contribution in [2.45, 2.75) is 38.3 Å². The molecule has 92 valence electrons. The van der Waals surface area contributed by atoms with Crippen molar-refractivity contribution in [2.24, 2.45) is 0 Å². The van der Waals surface area contributed by atoms with Crippen molar-refractivity contribution in [1.82, 2.24) is 10.0 Å². The first kappa shape index (κ1) is 13.6. The van der Waals surface area contributed by atoms with E-state index in [2.05, 4.69) is 10.0 Å². The molecular weight excluding hydrogens is 244 g/mol. The maximum Gasteiger partial charge on any atom is 0.241 e. The SMILES string of the molecule is CNS(=O)(=O)c1c(C)csc1CNC(C)C. The van der Waals surface area contributed by atoms with Gasteiger partial charge in [0.25, 0.3) is 0 Å². The molecule has 2 N–H and O–H groups in total. The van der Waals surface area contributed by atoms with Gasteiger partial charge in [-0.25, -0.2) is 13.1 Å². The molecule has 0 aliphatic carbocycles. The normalized spacial score (nSPS) is 12.3. The molecule has 0 radical (unpaired) electrons. The molecule has 0 fully saturated rings. The molecule has 0 aliphatic rings. The lowest BCUT2D eigenvalue weighted by Crippen LogP contribution is -2.24. The number of thiophene rings is 1. The van der Waals surface area contributed by atoms with Crippen LogP contribution < -0.4 is 10.0 Å². The van der Waals surface area contributed by atoms with Crippen molar-refractivity contribution < 1.29 is 8.42 Å². The largest absolute Gasteiger partial charge is 0.310 e.